The van der Waals surface area contributed by atoms with Gasteiger partial charge in [-0.25, -0.2) is 0 Å². The van der Waals surface area contributed by atoms with Gasteiger partial charge in [0.15, 0.2) is 11.4 Å². The van der Waals surface area contributed by atoms with Gasteiger partial charge in [0.2, 0.25) is 0 Å². The summed E-state index contributed by atoms with van der Waals surface area (Å²) in [7, 11) is 0. The van der Waals surface area contributed by atoms with Gasteiger partial charge in [0.25, 0.3) is 0 Å². The lowest BCUT2D eigenvalue weighted by Gasteiger charge is -2.59. The van der Waals surface area contributed by atoms with Gasteiger partial charge in [-0.2, -0.15) is 0 Å². The molecule has 4 aliphatic carbocycles. The molecule has 0 unspecified atom stereocenters. The van der Waals surface area contributed by atoms with E-state index in [1.165, 1.54) is 25.0 Å². The molecule has 0 radical (unpaired) electrons. The van der Waals surface area contributed by atoms with Crippen LogP contribution in [-0.4, -0.2) is 29.4 Å². The molecule has 0 amide bonds. The number of hydrogen-bond acceptors (Lipinski definition) is 5. The highest BCUT2D eigenvalue weighted by Crippen LogP contribution is 2.68. The van der Waals surface area contributed by atoms with E-state index in [2.05, 4.69) is 20.8 Å². The van der Waals surface area contributed by atoms with Crippen molar-refractivity contribution < 1.29 is 23.9 Å². The summed E-state index contributed by atoms with van der Waals surface area (Å²) in [5.41, 5.74) is 1.81. The van der Waals surface area contributed by atoms with Crippen LogP contribution < -0.4 is 0 Å². The quantitative estimate of drug-likeness (QED) is 0.457. The normalized spacial score (nSPS) is 44.1. The monoisotopic (exact) mass is 430 g/mol. The fraction of sp³-hybridized carbons (Fsp3) is 0.808. The van der Waals surface area contributed by atoms with E-state index in [9.17, 15) is 14.4 Å². The van der Waals surface area contributed by atoms with Crippen LogP contribution in [0.4, 0.5) is 0 Å². The Balaban J connectivity index is 1.68. The largest absolute Gasteiger partial charge is 0.462 e. The first kappa shape index (κ1) is 22.5. The molecule has 0 spiro atoms. The molecule has 3 saturated carbocycles. The Kier molecular flexibility index (Phi) is 5.42. The standard InChI is InChI=1S/C26H38O5/c1-15-13-20-21(24(5)10-7-19(14-23(15)24)30-17(3)28)8-11-25(6)22(20)9-12-26(25,16(2)27)31-18(4)29/h19-22H,7-14H2,1-6H3/t19-,20-,21+,22+,24+,25-,26+/m1/s1. The number of hydrogen-bond donors (Lipinski definition) is 0. The predicted octanol–water partition coefficient (Wildman–Crippen LogP) is 5.16. The second-order valence-corrected chi connectivity index (χ2v) is 11.2. The summed E-state index contributed by atoms with van der Waals surface area (Å²) in [4.78, 5) is 36.4. The molecule has 4 aliphatic rings. The van der Waals surface area contributed by atoms with Crippen LogP contribution in [0.25, 0.3) is 0 Å². The fourth-order valence-electron chi connectivity index (χ4n) is 8.48. The topological polar surface area (TPSA) is 69.7 Å². The maximum Gasteiger partial charge on any atom is 0.303 e. The average molecular weight is 431 g/mol. The molecule has 0 aromatic carbocycles. The lowest BCUT2D eigenvalue weighted by atomic mass is 9.46. The van der Waals surface area contributed by atoms with E-state index in [1.54, 1.807) is 6.92 Å². The Morgan fingerprint density at radius 3 is 2.16 bits per heavy atom. The molecule has 0 aromatic rings. The van der Waals surface area contributed by atoms with Crippen molar-refractivity contribution in [3.05, 3.63) is 11.1 Å². The molecular formula is C26H38O5. The van der Waals surface area contributed by atoms with Crippen molar-refractivity contribution in [1.29, 1.82) is 0 Å². The van der Waals surface area contributed by atoms with E-state index < -0.39 is 5.60 Å². The Bertz CT molecular complexity index is 843. The van der Waals surface area contributed by atoms with Crippen molar-refractivity contribution in [3.63, 3.8) is 0 Å². The van der Waals surface area contributed by atoms with Crippen molar-refractivity contribution in [1.82, 2.24) is 0 Å². The first-order valence-corrected chi connectivity index (χ1v) is 12.0. The Labute approximate surface area is 186 Å². The van der Waals surface area contributed by atoms with Gasteiger partial charge in [-0.15, -0.1) is 0 Å². The highest BCUT2D eigenvalue weighted by atomic mass is 16.6. The SMILES string of the molecule is CC(=O)O[C@@H]1CC[C@]2(C)C(=C(C)C[C@@H]3[C@@H]2CC[C@]2(C)[C@H]3CC[C@]2(OC(C)=O)C(C)=O)C1. The lowest BCUT2D eigenvalue weighted by Crippen LogP contribution is -2.58. The van der Waals surface area contributed by atoms with E-state index in [1.807, 2.05) is 0 Å². The van der Waals surface area contributed by atoms with Crippen molar-refractivity contribution in [3.8, 4) is 0 Å². The number of ketones is 1. The van der Waals surface area contributed by atoms with Gasteiger partial charge >= 0.3 is 11.9 Å². The van der Waals surface area contributed by atoms with E-state index >= 15 is 0 Å². The molecule has 172 valence electrons. The third-order valence-electron chi connectivity index (χ3n) is 9.76. The Hall–Kier alpha value is -1.65. The van der Waals surface area contributed by atoms with Crippen LogP contribution in [0.3, 0.4) is 0 Å². The first-order valence-electron chi connectivity index (χ1n) is 12.0. The zero-order valence-corrected chi connectivity index (χ0v) is 20.0. The molecule has 0 aliphatic heterocycles. The Morgan fingerprint density at radius 1 is 0.871 bits per heavy atom. The maximum absolute atomic E-state index is 12.9. The smallest absolute Gasteiger partial charge is 0.303 e. The number of carbonyl (C=O) groups excluding carboxylic acids is 3. The zero-order chi connectivity index (χ0) is 22.8. The molecule has 3 fully saturated rings. The third kappa shape index (κ3) is 3.21. The molecular weight excluding hydrogens is 392 g/mol. The summed E-state index contributed by atoms with van der Waals surface area (Å²) < 4.78 is 11.5. The third-order valence-corrected chi connectivity index (χ3v) is 9.76. The number of rotatable bonds is 3. The van der Waals surface area contributed by atoms with Crippen molar-refractivity contribution >= 4 is 17.7 Å². The van der Waals surface area contributed by atoms with Crippen LogP contribution in [0.1, 0.15) is 92.9 Å². The highest BCUT2D eigenvalue weighted by Gasteiger charge is 2.67. The first-order chi connectivity index (χ1) is 14.4. The molecule has 0 saturated heterocycles. The van der Waals surface area contributed by atoms with Crippen LogP contribution in [0, 0.1) is 28.6 Å². The van der Waals surface area contributed by atoms with Gasteiger partial charge in [0, 0.05) is 25.7 Å². The summed E-state index contributed by atoms with van der Waals surface area (Å²) in [5.74, 6) is 0.928. The molecule has 4 rings (SSSR count). The molecule has 5 nitrogen and oxygen atoms in total. The van der Waals surface area contributed by atoms with Crippen LogP contribution in [0.15, 0.2) is 11.1 Å². The molecule has 0 N–H and O–H groups in total. The highest BCUT2D eigenvalue weighted by molar-refractivity contribution is 5.89. The van der Waals surface area contributed by atoms with Gasteiger partial charge in [-0.3, -0.25) is 14.4 Å². The fourth-order valence-corrected chi connectivity index (χ4v) is 8.48. The number of Topliss-reactive ketones (excluding diaryl/α,β-unsaturated/α-hetero) is 1. The summed E-state index contributed by atoms with van der Waals surface area (Å²) in [5, 5.41) is 0. The van der Waals surface area contributed by atoms with Crippen LogP contribution in [-0.2, 0) is 23.9 Å². The second-order valence-electron chi connectivity index (χ2n) is 11.2. The maximum atomic E-state index is 12.9. The van der Waals surface area contributed by atoms with E-state index in [0.29, 0.717) is 24.2 Å². The van der Waals surface area contributed by atoms with Crippen molar-refractivity contribution in [2.45, 2.75) is 105 Å². The lowest BCUT2D eigenvalue weighted by molar-refractivity contribution is -0.187. The predicted molar refractivity (Wildman–Crippen MR) is 117 cm³/mol. The van der Waals surface area contributed by atoms with Crippen molar-refractivity contribution in [2.75, 3.05) is 0 Å². The minimum absolute atomic E-state index is 0.00161. The summed E-state index contributed by atoms with van der Waals surface area (Å²) in [6.07, 6.45) is 7.43. The van der Waals surface area contributed by atoms with E-state index in [4.69, 9.17) is 9.47 Å². The van der Waals surface area contributed by atoms with Gasteiger partial charge in [-0.05, 0) is 82.0 Å². The summed E-state index contributed by atoms with van der Waals surface area (Å²) in [6.45, 7) is 11.4. The zero-order valence-electron chi connectivity index (χ0n) is 20.0. The van der Waals surface area contributed by atoms with Gasteiger partial charge in [-0.1, -0.05) is 25.0 Å². The second kappa shape index (κ2) is 7.45. The molecule has 0 heterocycles. The van der Waals surface area contributed by atoms with Crippen LogP contribution in [0.5, 0.6) is 0 Å². The average Bonchev–Trinajstić information content (AvgIpc) is 2.96. The van der Waals surface area contributed by atoms with Crippen LogP contribution >= 0.6 is 0 Å². The Morgan fingerprint density at radius 2 is 1.55 bits per heavy atom. The number of allylic oxidation sites excluding steroid dienone is 1. The summed E-state index contributed by atoms with van der Waals surface area (Å²) in [6, 6.07) is 0. The molecule has 0 bridgehead atoms. The van der Waals surface area contributed by atoms with Crippen LogP contribution in [0.2, 0.25) is 0 Å². The molecule has 5 heteroatoms. The molecule has 31 heavy (non-hydrogen) atoms. The van der Waals surface area contributed by atoms with E-state index in [-0.39, 0.29) is 34.7 Å². The van der Waals surface area contributed by atoms with E-state index in [0.717, 1.165) is 44.9 Å². The van der Waals surface area contributed by atoms with Gasteiger partial charge < -0.3 is 9.47 Å². The summed E-state index contributed by atoms with van der Waals surface area (Å²) >= 11 is 0. The molecule has 7 atom stereocenters. The number of esters is 2. The minimum Gasteiger partial charge on any atom is -0.462 e. The number of ether oxygens (including phenoxy) is 2. The van der Waals surface area contributed by atoms with Gasteiger partial charge in [0.05, 0.1) is 0 Å². The molecule has 0 aromatic heterocycles. The van der Waals surface area contributed by atoms with Gasteiger partial charge in [0.1, 0.15) is 6.10 Å². The number of fused-ring (bicyclic) bond motifs is 5. The van der Waals surface area contributed by atoms with Crippen molar-refractivity contribution in [2.24, 2.45) is 28.6 Å². The minimum atomic E-state index is -0.972. The number of carbonyl (C=O) groups is 3.